The van der Waals surface area contributed by atoms with E-state index < -0.39 is 15.6 Å². The molecular formula is C5H9N5O7P2. The maximum atomic E-state index is 9.63. The van der Waals surface area contributed by atoms with Gasteiger partial charge in [0.1, 0.15) is 11.8 Å². The first-order valence-electron chi connectivity index (χ1n) is 4.30. The van der Waals surface area contributed by atoms with E-state index in [9.17, 15) is 9.13 Å². The second-order valence-electron chi connectivity index (χ2n) is 2.92. The van der Waals surface area contributed by atoms with Crippen molar-refractivity contribution < 1.29 is 33.0 Å². The van der Waals surface area contributed by atoms with Crippen LogP contribution in [-0.2, 0) is 13.4 Å². The number of phosphoric acid groups is 2. The van der Waals surface area contributed by atoms with Crippen LogP contribution in [0.1, 0.15) is 0 Å². The third kappa shape index (κ3) is 5.85. The number of nitrogen functional groups attached to an aromatic ring is 1. The molecule has 0 aliphatic rings. The normalized spacial score (nSPS) is 12.0. The molecule has 0 unspecified atom stereocenters. The van der Waals surface area contributed by atoms with Crippen molar-refractivity contribution in [2.24, 2.45) is 0 Å². The Morgan fingerprint density at radius 2 is 1.68 bits per heavy atom. The fourth-order valence-electron chi connectivity index (χ4n) is 0.922. The van der Waals surface area contributed by atoms with Gasteiger partial charge >= 0.3 is 15.6 Å². The largest absolute Gasteiger partial charge is 0.478 e. The summed E-state index contributed by atoms with van der Waals surface area (Å²) in [5, 5.41) is 0. The zero-order valence-corrected chi connectivity index (χ0v) is 10.8. The molecule has 0 bridgehead atoms. The van der Waals surface area contributed by atoms with Gasteiger partial charge < -0.3 is 30.3 Å². The molecule has 0 atom stereocenters. The number of H-pyrrole nitrogens is 1. The molecule has 2 aromatic heterocycles. The Bertz CT molecular complexity index is 626. The third-order valence-corrected chi connectivity index (χ3v) is 3.17. The summed E-state index contributed by atoms with van der Waals surface area (Å²) in [5.41, 5.74) is 6.78. The van der Waals surface area contributed by atoms with Crippen LogP contribution in [0.25, 0.3) is 11.2 Å². The number of hydrogen-bond donors (Lipinski definition) is 6. The molecule has 2 heterocycles. The number of nitrogens with two attached hydrogens (primary N) is 1. The summed E-state index contributed by atoms with van der Waals surface area (Å²) >= 11 is 0. The summed E-state index contributed by atoms with van der Waals surface area (Å²) in [6.45, 7) is 0. The summed E-state index contributed by atoms with van der Waals surface area (Å²) in [5.74, 6) is 0.433. The van der Waals surface area contributed by atoms with Crippen LogP contribution in [0.15, 0.2) is 12.7 Å². The van der Waals surface area contributed by atoms with Crippen molar-refractivity contribution in [2.75, 3.05) is 5.73 Å². The van der Waals surface area contributed by atoms with Gasteiger partial charge in [0.25, 0.3) is 0 Å². The second-order valence-corrected chi connectivity index (χ2v) is 5.54. The van der Waals surface area contributed by atoms with E-state index in [1.807, 2.05) is 0 Å². The predicted molar refractivity (Wildman–Crippen MR) is 61.3 cm³/mol. The van der Waals surface area contributed by atoms with Crippen LogP contribution in [0.4, 0.5) is 5.82 Å². The zero-order valence-electron chi connectivity index (χ0n) is 8.98. The summed E-state index contributed by atoms with van der Waals surface area (Å²) in [6.07, 6.45) is 2.92. The van der Waals surface area contributed by atoms with Crippen molar-refractivity contribution in [3.63, 3.8) is 0 Å². The van der Waals surface area contributed by atoms with E-state index in [0.717, 1.165) is 0 Å². The van der Waals surface area contributed by atoms with E-state index in [4.69, 9.17) is 25.3 Å². The second kappa shape index (κ2) is 5.72. The number of fused-ring (bicyclic) bond motifs is 1. The summed E-state index contributed by atoms with van der Waals surface area (Å²) in [6, 6.07) is 0. The van der Waals surface area contributed by atoms with E-state index in [1.165, 1.54) is 12.7 Å². The minimum Gasteiger partial charge on any atom is -0.382 e. The molecule has 19 heavy (non-hydrogen) atoms. The van der Waals surface area contributed by atoms with Gasteiger partial charge in [-0.15, -0.1) is 0 Å². The summed E-state index contributed by atoms with van der Waals surface area (Å²) in [4.78, 5) is 45.4. The molecule has 7 N–H and O–H groups in total. The lowest BCUT2D eigenvalue weighted by atomic mass is 10.5. The van der Waals surface area contributed by atoms with Crippen LogP contribution in [0.5, 0.6) is 0 Å². The van der Waals surface area contributed by atoms with Crippen LogP contribution >= 0.6 is 15.6 Å². The fourth-order valence-corrected chi connectivity index (χ4v) is 2.03. The molecule has 2 aromatic rings. The summed E-state index contributed by atoms with van der Waals surface area (Å²) < 4.78 is 22.2. The standard InChI is InChI=1S/C5H5N5.H4O7P2/c6-4-3-5(9-1-7-3)10-2-8-4;1-8(2,3)7-9(4,5)6/h1-2H,(H3,6,7,8,9,10);(H2,1,2,3)(H2,4,5,6). The minimum absolute atomic E-state index is 0.433. The molecule has 12 nitrogen and oxygen atoms in total. The van der Waals surface area contributed by atoms with Crippen LogP contribution < -0.4 is 5.73 Å². The highest BCUT2D eigenvalue weighted by molar-refractivity contribution is 7.60. The number of aromatic nitrogens is 4. The molecule has 2 rings (SSSR count). The highest BCUT2D eigenvalue weighted by atomic mass is 31.3. The first-order valence-corrected chi connectivity index (χ1v) is 7.36. The lowest BCUT2D eigenvalue weighted by molar-refractivity contribution is 0.225. The maximum absolute atomic E-state index is 9.63. The Labute approximate surface area is 105 Å². The van der Waals surface area contributed by atoms with E-state index in [2.05, 4.69) is 24.2 Å². The molecule has 0 aliphatic heterocycles. The topological polar surface area (TPSA) is 205 Å². The zero-order chi connectivity index (χ0) is 14.7. The van der Waals surface area contributed by atoms with Gasteiger partial charge in [-0.2, -0.15) is 4.31 Å². The Morgan fingerprint density at radius 1 is 1.11 bits per heavy atom. The van der Waals surface area contributed by atoms with Crippen molar-refractivity contribution in [1.82, 2.24) is 19.9 Å². The Morgan fingerprint density at radius 3 is 2.11 bits per heavy atom. The van der Waals surface area contributed by atoms with E-state index in [1.54, 1.807) is 0 Å². The monoisotopic (exact) mass is 313 g/mol. The molecule has 0 saturated carbocycles. The Kier molecular flexibility index (Phi) is 4.71. The highest BCUT2D eigenvalue weighted by Crippen LogP contribution is 2.53. The molecule has 0 radical (unpaired) electrons. The molecule has 0 fully saturated rings. The van der Waals surface area contributed by atoms with Crippen LogP contribution in [0.3, 0.4) is 0 Å². The Balaban J connectivity index is 0.000000192. The molecule has 0 aliphatic carbocycles. The van der Waals surface area contributed by atoms with Crippen molar-refractivity contribution in [3.05, 3.63) is 12.7 Å². The molecule has 0 saturated heterocycles. The van der Waals surface area contributed by atoms with E-state index >= 15 is 0 Å². The van der Waals surface area contributed by atoms with Gasteiger partial charge in [0.2, 0.25) is 0 Å². The molecule has 14 heteroatoms. The van der Waals surface area contributed by atoms with E-state index in [-0.39, 0.29) is 0 Å². The van der Waals surface area contributed by atoms with Crippen LogP contribution in [0, 0.1) is 0 Å². The van der Waals surface area contributed by atoms with Gasteiger partial charge in [0.15, 0.2) is 11.5 Å². The van der Waals surface area contributed by atoms with Crippen LogP contribution in [0.2, 0.25) is 0 Å². The molecule has 0 aromatic carbocycles. The van der Waals surface area contributed by atoms with Gasteiger partial charge in [-0.3, -0.25) is 0 Å². The lowest BCUT2D eigenvalue weighted by Crippen LogP contribution is -1.91. The number of nitrogens with zero attached hydrogens (tertiary/aromatic N) is 3. The average Bonchev–Trinajstić information content (AvgIpc) is 2.61. The van der Waals surface area contributed by atoms with Crippen LogP contribution in [-0.4, -0.2) is 39.5 Å². The van der Waals surface area contributed by atoms with Gasteiger partial charge in [-0.05, 0) is 0 Å². The number of rotatable bonds is 2. The lowest BCUT2D eigenvalue weighted by Gasteiger charge is -2.03. The fraction of sp³-hybridized carbons (Fsp3) is 0. The maximum Gasteiger partial charge on any atom is 0.478 e. The first-order chi connectivity index (χ1) is 8.58. The minimum atomic E-state index is -5.05. The summed E-state index contributed by atoms with van der Waals surface area (Å²) in [7, 11) is -10.1. The quantitative estimate of drug-likeness (QED) is 0.375. The van der Waals surface area contributed by atoms with Gasteiger partial charge in [-0.1, -0.05) is 0 Å². The Hall–Kier alpha value is -1.39. The molecule has 0 amide bonds. The third-order valence-electron chi connectivity index (χ3n) is 1.47. The van der Waals surface area contributed by atoms with Gasteiger partial charge in [-0.25, -0.2) is 24.1 Å². The molecule has 106 valence electrons. The van der Waals surface area contributed by atoms with Gasteiger partial charge in [0, 0.05) is 0 Å². The van der Waals surface area contributed by atoms with Crippen molar-refractivity contribution >= 4 is 32.6 Å². The average molecular weight is 313 g/mol. The van der Waals surface area contributed by atoms with Crippen molar-refractivity contribution in [1.29, 1.82) is 0 Å². The highest BCUT2D eigenvalue weighted by Gasteiger charge is 2.27. The predicted octanol–water partition coefficient (Wildman–Crippen LogP) is -0.876. The van der Waals surface area contributed by atoms with Crippen molar-refractivity contribution in [2.45, 2.75) is 0 Å². The van der Waals surface area contributed by atoms with E-state index in [0.29, 0.717) is 17.0 Å². The van der Waals surface area contributed by atoms with Crippen molar-refractivity contribution in [3.8, 4) is 0 Å². The number of hydrogen-bond acceptors (Lipinski definition) is 7. The SMILES string of the molecule is Nc1ncnc2nc[nH]c12.O=P(O)(O)OP(=O)(O)O. The molecule has 0 spiro atoms. The number of nitrogens with one attached hydrogen (secondary N) is 1. The first kappa shape index (κ1) is 15.7. The smallest absolute Gasteiger partial charge is 0.382 e. The number of imidazole rings is 1. The molecular weight excluding hydrogens is 304 g/mol. The number of anilines is 1. The van der Waals surface area contributed by atoms with Gasteiger partial charge in [0.05, 0.1) is 6.33 Å². The number of aromatic amines is 1.